The van der Waals surface area contributed by atoms with E-state index in [0.29, 0.717) is 0 Å². The van der Waals surface area contributed by atoms with Crippen LogP contribution < -0.4 is 16.9 Å². The monoisotopic (exact) mass is 631 g/mol. The number of nitrogens with zero attached hydrogens (tertiary/aromatic N) is 6. The first-order valence-electron chi connectivity index (χ1n) is 12.2. The SMILES string of the molecule is Nc1nc2c(ncn2[C@@H]2O[C@H](CO)[C@@H](O)[C@H]2OP(O)(=S)OC[C@H]2O[C@@H](n3cnc4c(=O)[nH]cnc43)[C@@H](F)[C@@H]2O)c(=O)[nH]1. The molecule has 22 heteroatoms. The number of nitrogen functional groups attached to an aromatic ring is 1. The molecular formula is C20H23FN9O10PS. The third-order valence-corrected chi connectivity index (χ3v) is 8.37. The van der Waals surface area contributed by atoms with Gasteiger partial charge in [-0.3, -0.25) is 28.2 Å². The summed E-state index contributed by atoms with van der Waals surface area (Å²) in [5, 5.41) is 30.9. The highest BCUT2D eigenvalue weighted by Crippen LogP contribution is 2.50. The lowest BCUT2D eigenvalue weighted by Crippen LogP contribution is -2.35. The van der Waals surface area contributed by atoms with Crippen LogP contribution in [0, 0.1) is 0 Å². The minimum Gasteiger partial charge on any atom is -0.394 e. The molecule has 1 unspecified atom stereocenters. The molecule has 0 amide bonds. The lowest BCUT2D eigenvalue weighted by atomic mass is 10.1. The first kappa shape index (κ1) is 28.9. The third kappa shape index (κ3) is 4.92. The summed E-state index contributed by atoms with van der Waals surface area (Å²) in [7, 11) is 0. The number of alkyl halides is 1. The van der Waals surface area contributed by atoms with Gasteiger partial charge in [-0.2, -0.15) is 4.98 Å². The summed E-state index contributed by atoms with van der Waals surface area (Å²) in [6.45, 7) is -5.58. The zero-order valence-electron chi connectivity index (χ0n) is 21.0. The maximum Gasteiger partial charge on any atom is 0.325 e. The molecule has 0 aromatic carbocycles. The number of rotatable bonds is 8. The Kier molecular flexibility index (Phi) is 7.42. The minimum absolute atomic E-state index is 0.0146. The summed E-state index contributed by atoms with van der Waals surface area (Å²) in [5.41, 5.74) is 4.23. The molecule has 0 bridgehead atoms. The summed E-state index contributed by atoms with van der Waals surface area (Å²) in [5.74, 6) is -0.231. The number of nitrogens with two attached hydrogens (primary N) is 1. The van der Waals surface area contributed by atoms with E-state index in [4.69, 9.17) is 36.1 Å². The van der Waals surface area contributed by atoms with Gasteiger partial charge in [-0.15, -0.1) is 0 Å². The predicted molar refractivity (Wildman–Crippen MR) is 140 cm³/mol. The number of anilines is 1. The van der Waals surface area contributed by atoms with Crippen molar-refractivity contribution in [3.63, 3.8) is 0 Å². The molecular weight excluding hydrogens is 608 g/mol. The first-order valence-corrected chi connectivity index (χ1v) is 14.8. The van der Waals surface area contributed by atoms with Gasteiger partial charge in [-0.25, -0.2) is 19.3 Å². The van der Waals surface area contributed by atoms with E-state index in [-0.39, 0.29) is 28.3 Å². The number of halogens is 1. The van der Waals surface area contributed by atoms with Gasteiger partial charge in [0.1, 0.15) is 30.5 Å². The number of aliphatic hydroxyl groups is 3. The van der Waals surface area contributed by atoms with Crippen LogP contribution >= 0.6 is 6.72 Å². The molecule has 0 aliphatic carbocycles. The molecule has 42 heavy (non-hydrogen) atoms. The van der Waals surface area contributed by atoms with Crippen molar-refractivity contribution in [2.24, 2.45) is 0 Å². The summed E-state index contributed by atoms with van der Waals surface area (Å²) < 4.78 is 39.6. The highest BCUT2D eigenvalue weighted by Gasteiger charge is 2.50. The number of nitrogens with one attached hydrogen (secondary N) is 2. The molecule has 6 rings (SSSR count). The average molecular weight is 631 g/mol. The molecule has 0 spiro atoms. The fourth-order valence-electron chi connectivity index (χ4n) is 4.80. The Morgan fingerprint density at radius 1 is 1.05 bits per heavy atom. The summed E-state index contributed by atoms with van der Waals surface area (Å²) >= 11 is 5.10. The predicted octanol–water partition coefficient (Wildman–Crippen LogP) is -2.70. The standard InChI is InChI=1S/C20H23FN9O10PS/c21-8-11(32)7(39-18(8)29-4-25-9-14(29)23-3-24-16(9)34)2-37-41(36,42)40-13-12(33)6(1-31)38-19(13)30-5-26-10-15(30)27-20(22)28-17(10)35/h3-8,11-13,18-19,31-33H,1-2H2,(H,36,42)(H,23,24,34)(H3,22,27,28,35)/t6-,7-,8+,11-,12-,13-,18-,19-,41?/m1/s1. The average Bonchev–Trinajstić information content (AvgIpc) is 3.69. The molecule has 4 aromatic rings. The summed E-state index contributed by atoms with van der Waals surface area (Å²) in [4.78, 5) is 55.5. The van der Waals surface area contributed by atoms with E-state index in [1.807, 2.05) is 0 Å². The van der Waals surface area contributed by atoms with Crippen LogP contribution in [0.15, 0.2) is 28.6 Å². The number of imidazole rings is 2. The van der Waals surface area contributed by atoms with Crippen LogP contribution in [0.3, 0.4) is 0 Å². The topological polar surface area (TPSA) is 271 Å². The maximum absolute atomic E-state index is 15.1. The molecule has 0 radical (unpaired) electrons. The van der Waals surface area contributed by atoms with E-state index in [1.54, 1.807) is 0 Å². The number of aromatic amines is 2. The Bertz CT molecular complexity index is 1800. The van der Waals surface area contributed by atoms with E-state index in [2.05, 4.69) is 29.9 Å². The van der Waals surface area contributed by atoms with Gasteiger partial charge in [0.05, 0.1) is 32.2 Å². The molecule has 226 valence electrons. The number of hydrogen-bond acceptors (Lipinski definition) is 15. The molecule has 2 fully saturated rings. The van der Waals surface area contributed by atoms with Gasteiger partial charge >= 0.3 is 6.72 Å². The Morgan fingerprint density at radius 3 is 2.43 bits per heavy atom. The number of aliphatic hydroxyl groups excluding tert-OH is 3. The largest absolute Gasteiger partial charge is 0.394 e. The number of aromatic nitrogens is 8. The van der Waals surface area contributed by atoms with Crippen molar-refractivity contribution in [2.75, 3.05) is 18.9 Å². The van der Waals surface area contributed by atoms with E-state index >= 15 is 4.39 Å². The van der Waals surface area contributed by atoms with E-state index in [0.717, 1.165) is 23.5 Å². The van der Waals surface area contributed by atoms with Crippen molar-refractivity contribution >= 4 is 46.8 Å². The molecule has 2 aliphatic heterocycles. The quantitative estimate of drug-likeness (QED) is 0.0975. The van der Waals surface area contributed by atoms with Crippen LogP contribution in [0.4, 0.5) is 10.3 Å². The van der Waals surface area contributed by atoms with Crippen molar-refractivity contribution in [1.29, 1.82) is 0 Å². The summed E-state index contributed by atoms with van der Waals surface area (Å²) in [6, 6.07) is 0. The van der Waals surface area contributed by atoms with E-state index in [1.165, 1.54) is 4.57 Å². The lowest BCUT2D eigenvalue weighted by molar-refractivity contribution is -0.0554. The molecule has 4 aromatic heterocycles. The highest BCUT2D eigenvalue weighted by molar-refractivity contribution is 8.07. The van der Waals surface area contributed by atoms with Gasteiger partial charge in [0.25, 0.3) is 11.1 Å². The van der Waals surface area contributed by atoms with Crippen molar-refractivity contribution in [1.82, 2.24) is 39.0 Å². The molecule has 2 aliphatic rings. The van der Waals surface area contributed by atoms with Crippen LogP contribution in [0.2, 0.25) is 0 Å². The highest BCUT2D eigenvalue weighted by atomic mass is 32.5. The van der Waals surface area contributed by atoms with Crippen LogP contribution in [0.5, 0.6) is 0 Å². The van der Waals surface area contributed by atoms with Crippen molar-refractivity contribution in [2.45, 2.75) is 49.1 Å². The van der Waals surface area contributed by atoms with Gasteiger partial charge in [-0.05, 0) is 11.8 Å². The number of H-pyrrole nitrogens is 2. The number of fused-ring (bicyclic) bond motifs is 2. The second-order valence-corrected chi connectivity index (χ2v) is 12.2. The van der Waals surface area contributed by atoms with Gasteiger partial charge in [0.15, 0.2) is 41.0 Å². The van der Waals surface area contributed by atoms with Crippen molar-refractivity contribution in [3.05, 3.63) is 39.7 Å². The molecule has 19 nitrogen and oxygen atoms in total. The van der Waals surface area contributed by atoms with Gasteiger partial charge < -0.3 is 44.9 Å². The smallest absolute Gasteiger partial charge is 0.325 e. The van der Waals surface area contributed by atoms with Crippen LogP contribution in [-0.4, -0.2) is 109 Å². The van der Waals surface area contributed by atoms with Crippen LogP contribution in [-0.2, 0) is 30.3 Å². The molecule has 8 N–H and O–H groups in total. The zero-order valence-corrected chi connectivity index (χ0v) is 22.7. The first-order chi connectivity index (χ1) is 20.0. The van der Waals surface area contributed by atoms with Gasteiger partial charge in [-0.1, -0.05) is 0 Å². The Hall–Kier alpha value is -3.24. The third-order valence-electron chi connectivity index (χ3n) is 6.81. The molecule has 2 saturated heterocycles. The summed E-state index contributed by atoms with van der Waals surface area (Å²) in [6.07, 6.45) is -8.70. The molecule has 9 atom stereocenters. The van der Waals surface area contributed by atoms with E-state index in [9.17, 15) is 29.8 Å². The second-order valence-electron chi connectivity index (χ2n) is 9.40. The normalized spacial score (nSPS) is 31.3. The van der Waals surface area contributed by atoms with Crippen LogP contribution in [0.25, 0.3) is 22.3 Å². The van der Waals surface area contributed by atoms with Crippen molar-refractivity contribution < 1.29 is 43.1 Å². The molecule has 6 heterocycles. The Morgan fingerprint density at radius 2 is 1.71 bits per heavy atom. The van der Waals surface area contributed by atoms with Gasteiger partial charge in [0, 0.05) is 0 Å². The fourth-order valence-corrected chi connectivity index (χ4v) is 6.22. The number of ether oxygens (including phenoxy) is 2. The zero-order chi connectivity index (χ0) is 29.9. The lowest BCUT2D eigenvalue weighted by Gasteiger charge is -2.27. The Balaban J connectivity index is 1.19. The van der Waals surface area contributed by atoms with Crippen molar-refractivity contribution in [3.8, 4) is 0 Å². The Labute approximate surface area is 236 Å². The number of hydrogen-bond donors (Lipinski definition) is 7. The van der Waals surface area contributed by atoms with Gasteiger partial charge in [0.2, 0.25) is 5.95 Å². The molecule has 0 saturated carbocycles. The fraction of sp³-hybridized carbons (Fsp3) is 0.500. The van der Waals surface area contributed by atoms with Crippen LogP contribution in [0.1, 0.15) is 12.5 Å². The minimum atomic E-state index is -4.28. The maximum atomic E-state index is 15.1. The second kappa shape index (κ2) is 10.8. The van der Waals surface area contributed by atoms with E-state index < -0.39 is 80.2 Å².